The van der Waals surface area contributed by atoms with Crippen molar-refractivity contribution < 1.29 is 4.74 Å². The van der Waals surface area contributed by atoms with E-state index >= 15 is 0 Å². The Bertz CT molecular complexity index is 360. The van der Waals surface area contributed by atoms with Gasteiger partial charge in [-0.25, -0.2) is 0 Å². The topological polar surface area (TPSA) is 37.4 Å². The van der Waals surface area contributed by atoms with Gasteiger partial charge in [-0.05, 0) is 32.4 Å². The van der Waals surface area contributed by atoms with E-state index < -0.39 is 0 Å². The van der Waals surface area contributed by atoms with Crippen molar-refractivity contribution in [3.8, 4) is 0 Å². The summed E-state index contributed by atoms with van der Waals surface area (Å²) in [6, 6.07) is 2.07. The van der Waals surface area contributed by atoms with Gasteiger partial charge in [-0.1, -0.05) is 0 Å². The molecule has 0 aromatic carbocycles. The third-order valence-electron chi connectivity index (χ3n) is 2.74. The molecule has 1 N–H and O–H groups in total. The Labute approximate surface area is 110 Å². The third kappa shape index (κ3) is 5.02. The van der Waals surface area contributed by atoms with Crippen molar-refractivity contribution in [1.82, 2.24) is 10.3 Å². The van der Waals surface area contributed by atoms with Gasteiger partial charge in [0.15, 0.2) is 0 Å². The number of hydrogen-bond acceptors (Lipinski definition) is 4. The summed E-state index contributed by atoms with van der Waals surface area (Å²) in [5.41, 5.74) is 2.54. The minimum atomic E-state index is 0.117. The van der Waals surface area contributed by atoms with Crippen LogP contribution in [0, 0.1) is 0 Å². The summed E-state index contributed by atoms with van der Waals surface area (Å²) in [6.07, 6.45) is 3.75. The van der Waals surface area contributed by atoms with Gasteiger partial charge in [0.05, 0.1) is 18.5 Å². The lowest BCUT2D eigenvalue weighted by Crippen LogP contribution is -2.35. The van der Waals surface area contributed by atoms with Gasteiger partial charge in [0.2, 0.25) is 0 Å². The molecule has 0 fully saturated rings. The number of nitrogens with zero attached hydrogens (tertiary/aromatic N) is 2. The van der Waals surface area contributed by atoms with Crippen LogP contribution in [0.1, 0.15) is 26.3 Å². The van der Waals surface area contributed by atoms with Gasteiger partial charge in [-0.3, -0.25) is 4.98 Å². The zero-order valence-corrected chi connectivity index (χ0v) is 12.2. The average molecular weight is 251 g/mol. The van der Waals surface area contributed by atoms with Gasteiger partial charge < -0.3 is 15.0 Å². The van der Waals surface area contributed by atoms with Gasteiger partial charge in [-0.15, -0.1) is 0 Å². The summed E-state index contributed by atoms with van der Waals surface area (Å²) in [4.78, 5) is 6.39. The highest BCUT2D eigenvalue weighted by Crippen LogP contribution is 2.18. The van der Waals surface area contributed by atoms with Crippen LogP contribution in [-0.2, 0) is 11.3 Å². The molecule has 0 unspecified atom stereocenters. The molecular formula is C14H25N3O. The van der Waals surface area contributed by atoms with Gasteiger partial charge in [0.25, 0.3) is 0 Å². The zero-order valence-electron chi connectivity index (χ0n) is 12.2. The summed E-state index contributed by atoms with van der Waals surface area (Å²) in [5, 5.41) is 3.50. The van der Waals surface area contributed by atoms with Crippen molar-refractivity contribution in [3.63, 3.8) is 0 Å². The van der Waals surface area contributed by atoms with E-state index in [1.807, 2.05) is 12.4 Å². The minimum absolute atomic E-state index is 0.117. The van der Waals surface area contributed by atoms with Gasteiger partial charge in [0.1, 0.15) is 0 Å². The first-order valence-corrected chi connectivity index (χ1v) is 6.32. The van der Waals surface area contributed by atoms with Gasteiger partial charge in [0, 0.05) is 39.0 Å². The summed E-state index contributed by atoms with van der Waals surface area (Å²) in [6.45, 7) is 8.94. The first-order chi connectivity index (χ1) is 8.44. The normalized spacial score (nSPS) is 11.6. The summed E-state index contributed by atoms with van der Waals surface area (Å²) >= 11 is 0. The number of ether oxygens (including phenoxy) is 1. The second-order valence-electron chi connectivity index (χ2n) is 5.52. The fourth-order valence-corrected chi connectivity index (χ4v) is 1.62. The van der Waals surface area contributed by atoms with Crippen molar-refractivity contribution >= 4 is 5.69 Å². The monoisotopic (exact) mass is 251 g/mol. The molecule has 1 heterocycles. The molecule has 0 radical (unpaired) electrons. The quantitative estimate of drug-likeness (QED) is 0.839. The Morgan fingerprint density at radius 3 is 2.72 bits per heavy atom. The van der Waals surface area contributed by atoms with E-state index in [1.54, 1.807) is 7.11 Å². The second kappa shape index (κ2) is 6.71. The number of likely N-dealkylation sites (N-methyl/N-ethyl adjacent to an activating group) is 1. The van der Waals surface area contributed by atoms with Crippen molar-refractivity contribution in [1.29, 1.82) is 0 Å². The standard InChI is InChI=1S/C14H25N3O/c1-14(2,3)16-10-12-6-7-15-11-13(12)17(4)8-9-18-5/h6-7,11,16H,8-10H2,1-5H3. The molecule has 4 heteroatoms. The summed E-state index contributed by atoms with van der Waals surface area (Å²) < 4.78 is 5.11. The minimum Gasteiger partial charge on any atom is -0.383 e. The fraction of sp³-hybridized carbons (Fsp3) is 0.643. The molecular weight excluding hydrogens is 226 g/mol. The molecule has 1 aromatic heterocycles. The molecule has 0 saturated heterocycles. The van der Waals surface area contributed by atoms with Crippen molar-refractivity contribution in [2.24, 2.45) is 0 Å². The van der Waals surface area contributed by atoms with Crippen LogP contribution in [0.15, 0.2) is 18.5 Å². The van der Waals surface area contributed by atoms with Crippen LogP contribution in [0.3, 0.4) is 0 Å². The smallest absolute Gasteiger partial charge is 0.0637 e. The van der Waals surface area contributed by atoms with Crippen LogP contribution < -0.4 is 10.2 Å². The Kier molecular flexibility index (Phi) is 5.56. The predicted octanol–water partition coefficient (Wildman–Crippen LogP) is 2.05. The molecule has 18 heavy (non-hydrogen) atoms. The predicted molar refractivity (Wildman–Crippen MR) is 76.0 cm³/mol. The van der Waals surface area contributed by atoms with Crippen LogP contribution >= 0.6 is 0 Å². The van der Waals surface area contributed by atoms with E-state index in [9.17, 15) is 0 Å². The van der Waals surface area contributed by atoms with Crippen LogP contribution in [-0.4, -0.2) is 37.8 Å². The number of anilines is 1. The largest absolute Gasteiger partial charge is 0.383 e. The van der Waals surface area contributed by atoms with Gasteiger partial charge in [-0.2, -0.15) is 0 Å². The van der Waals surface area contributed by atoms with E-state index in [-0.39, 0.29) is 5.54 Å². The summed E-state index contributed by atoms with van der Waals surface area (Å²) in [7, 11) is 3.79. The van der Waals surface area contributed by atoms with Crippen LogP contribution in [0.5, 0.6) is 0 Å². The molecule has 1 aromatic rings. The number of aromatic nitrogens is 1. The molecule has 0 aliphatic heterocycles. The number of methoxy groups -OCH3 is 1. The lowest BCUT2D eigenvalue weighted by Gasteiger charge is -2.25. The van der Waals surface area contributed by atoms with Crippen molar-refractivity contribution in [2.45, 2.75) is 32.9 Å². The first kappa shape index (κ1) is 14.9. The Morgan fingerprint density at radius 1 is 1.39 bits per heavy atom. The van der Waals surface area contributed by atoms with Crippen LogP contribution in [0.4, 0.5) is 5.69 Å². The third-order valence-corrected chi connectivity index (χ3v) is 2.74. The van der Waals surface area contributed by atoms with Crippen molar-refractivity contribution in [3.05, 3.63) is 24.0 Å². The Morgan fingerprint density at radius 2 is 2.11 bits per heavy atom. The number of rotatable bonds is 6. The number of hydrogen-bond donors (Lipinski definition) is 1. The van der Waals surface area contributed by atoms with E-state index in [0.717, 1.165) is 25.4 Å². The van der Waals surface area contributed by atoms with Gasteiger partial charge >= 0.3 is 0 Å². The Balaban J connectivity index is 2.72. The molecule has 0 aliphatic rings. The maximum atomic E-state index is 5.11. The summed E-state index contributed by atoms with van der Waals surface area (Å²) in [5.74, 6) is 0. The molecule has 0 spiro atoms. The van der Waals surface area contributed by atoms with Crippen molar-refractivity contribution in [2.75, 3.05) is 32.2 Å². The zero-order chi connectivity index (χ0) is 13.6. The SMILES string of the molecule is COCCN(C)c1cnccc1CNC(C)(C)C. The second-order valence-corrected chi connectivity index (χ2v) is 5.52. The maximum Gasteiger partial charge on any atom is 0.0637 e. The highest BCUT2D eigenvalue weighted by atomic mass is 16.5. The van der Waals surface area contributed by atoms with E-state index in [4.69, 9.17) is 4.74 Å². The highest BCUT2D eigenvalue weighted by Gasteiger charge is 2.12. The molecule has 4 nitrogen and oxygen atoms in total. The van der Waals surface area contributed by atoms with Crippen LogP contribution in [0.25, 0.3) is 0 Å². The average Bonchev–Trinajstić information content (AvgIpc) is 2.33. The maximum absolute atomic E-state index is 5.11. The first-order valence-electron chi connectivity index (χ1n) is 6.32. The highest BCUT2D eigenvalue weighted by molar-refractivity contribution is 5.51. The lowest BCUT2D eigenvalue weighted by molar-refractivity contribution is 0.206. The number of nitrogens with one attached hydrogen (secondary N) is 1. The van der Waals surface area contributed by atoms with E-state index in [0.29, 0.717) is 0 Å². The molecule has 0 aliphatic carbocycles. The Hall–Kier alpha value is -1.13. The van der Waals surface area contributed by atoms with E-state index in [2.05, 4.69) is 49.1 Å². The van der Waals surface area contributed by atoms with E-state index in [1.165, 1.54) is 5.56 Å². The molecule has 0 bridgehead atoms. The number of pyridine rings is 1. The molecule has 102 valence electrons. The molecule has 1 rings (SSSR count). The molecule has 0 atom stereocenters. The molecule has 0 amide bonds. The molecule has 0 saturated carbocycles. The van der Waals surface area contributed by atoms with Crippen LogP contribution in [0.2, 0.25) is 0 Å². The fourth-order valence-electron chi connectivity index (χ4n) is 1.62. The lowest BCUT2D eigenvalue weighted by atomic mass is 10.1.